The van der Waals surface area contributed by atoms with Gasteiger partial charge in [-0.2, -0.15) is 0 Å². The van der Waals surface area contributed by atoms with Gasteiger partial charge in [-0.1, -0.05) is 91.0 Å². The first-order chi connectivity index (χ1) is 24.4. The molecule has 0 heterocycles. The quantitative estimate of drug-likeness (QED) is 0.112. The van der Waals surface area contributed by atoms with Crippen molar-refractivity contribution in [2.75, 3.05) is 20.8 Å². The fourth-order valence-corrected chi connectivity index (χ4v) is 6.26. The summed E-state index contributed by atoms with van der Waals surface area (Å²) in [7, 11) is 3.04. The fraction of sp³-hybridized carbons (Fsp3) is 0.200. The van der Waals surface area contributed by atoms with E-state index in [4.69, 9.17) is 30.4 Å². The van der Waals surface area contributed by atoms with Crippen LogP contribution in [-0.4, -0.2) is 38.9 Å². The molecule has 5 aromatic carbocycles. The van der Waals surface area contributed by atoms with E-state index in [-0.39, 0.29) is 12.5 Å². The highest BCUT2D eigenvalue weighted by atomic mass is 16.6. The van der Waals surface area contributed by atoms with Crippen LogP contribution in [0, 0.1) is 0 Å². The van der Waals surface area contributed by atoms with Crippen molar-refractivity contribution in [3.8, 4) is 28.4 Å². The maximum Gasteiger partial charge on any atom is 0.407 e. The molecular weight excluding hydrogens is 632 g/mol. The van der Waals surface area contributed by atoms with E-state index in [0.717, 1.165) is 27.8 Å². The summed E-state index contributed by atoms with van der Waals surface area (Å²) in [6.45, 7) is 0.453. The number of nitrogens with one attached hydrogen (secondary N) is 2. The number of amides is 2. The normalized spacial score (nSPS) is 13.6. The molecule has 0 radical (unpaired) electrons. The van der Waals surface area contributed by atoms with Crippen LogP contribution in [0.1, 0.15) is 45.9 Å². The number of alkyl carbamates (subject to hydrolysis) is 1. The summed E-state index contributed by atoms with van der Waals surface area (Å²) in [5.74, 6) is 0.555. The van der Waals surface area contributed by atoms with Crippen molar-refractivity contribution in [3.05, 3.63) is 149 Å². The van der Waals surface area contributed by atoms with Crippen LogP contribution in [0.5, 0.6) is 17.2 Å². The summed E-state index contributed by atoms with van der Waals surface area (Å²) in [5.41, 5.74) is 18.7. The third kappa shape index (κ3) is 7.41. The van der Waals surface area contributed by atoms with Gasteiger partial charge in [-0.15, -0.1) is 0 Å². The first-order valence-corrected chi connectivity index (χ1v) is 16.3. The summed E-state index contributed by atoms with van der Waals surface area (Å²) in [6.07, 6.45) is -2.95. The number of rotatable bonds is 13. The van der Waals surface area contributed by atoms with Gasteiger partial charge in [0.15, 0.2) is 0 Å². The molecule has 1 aliphatic rings. The topological polar surface area (TPSA) is 147 Å². The Balaban J connectivity index is 1.31. The second kappa shape index (κ2) is 15.6. The van der Waals surface area contributed by atoms with Gasteiger partial charge in [0, 0.05) is 24.1 Å². The van der Waals surface area contributed by atoms with Crippen molar-refractivity contribution < 1.29 is 28.5 Å². The molecule has 0 bridgehead atoms. The number of methoxy groups -OCH3 is 2. The molecule has 0 fully saturated rings. The number of hydrogen-bond donors (Lipinski definition) is 4. The zero-order valence-electron chi connectivity index (χ0n) is 27.9. The van der Waals surface area contributed by atoms with Gasteiger partial charge in [-0.25, -0.2) is 4.79 Å². The van der Waals surface area contributed by atoms with Crippen LogP contribution in [0.25, 0.3) is 11.1 Å². The van der Waals surface area contributed by atoms with Crippen molar-refractivity contribution in [1.82, 2.24) is 10.6 Å². The van der Waals surface area contributed by atoms with Crippen LogP contribution in [0.2, 0.25) is 0 Å². The van der Waals surface area contributed by atoms with E-state index >= 15 is 0 Å². The van der Waals surface area contributed by atoms with Crippen LogP contribution in [0.3, 0.4) is 0 Å². The molecule has 6 rings (SSSR count). The van der Waals surface area contributed by atoms with Gasteiger partial charge in [-0.05, 0) is 57.6 Å². The Morgan fingerprint density at radius 1 is 0.740 bits per heavy atom. The minimum absolute atomic E-state index is 0.0758. The van der Waals surface area contributed by atoms with Crippen molar-refractivity contribution in [3.63, 3.8) is 0 Å². The molecule has 0 aliphatic heterocycles. The molecule has 1 aliphatic carbocycles. The average Bonchev–Trinajstić information content (AvgIpc) is 3.48. The Morgan fingerprint density at radius 2 is 1.38 bits per heavy atom. The lowest BCUT2D eigenvalue weighted by Gasteiger charge is -2.30. The van der Waals surface area contributed by atoms with Crippen molar-refractivity contribution in [1.29, 1.82) is 0 Å². The van der Waals surface area contributed by atoms with Crippen LogP contribution in [0.15, 0.2) is 121 Å². The third-order valence-electron chi connectivity index (χ3n) is 8.83. The molecular formula is C40H40N4O6. The van der Waals surface area contributed by atoms with Crippen LogP contribution in [0.4, 0.5) is 4.79 Å². The molecule has 0 saturated carbocycles. The Labute approximate surface area is 291 Å². The van der Waals surface area contributed by atoms with E-state index in [1.807, 2.05) is 54.6 Å². The Morgan fingerprint density at radius 3 is 2.00 bits per heavy atom. The molecule has 3 atom stereocenters. The number of benzene rings is 5. The standard InChI is InChI=1S/C40H40N4O6/c1-47-28-20-21-33(35(22-28)48-2)36(43-40(46)49-24-34-31-14-8-6-12-29(31)30-13-7-9-15-32(30)34)37(50-27-10-4-3-5-11-27)39(45)44-38(42)26-18-16-25(23-41)17-19-26/h3-22,34,36-38H,23-24,41-42H2,1-2H3,(H,43,46)(H,44,45). The van der Waals surface area contributed by atoms with Gasteiger partial charge in [-0.3, -0.25) is 4.79 Å². The second-order valence-electron chi connectivity index (χ2n) is 11.8. The van der Waals surface area contributed by atoms with E-state index in [0.29, 0.717) is 34.9 Å². The highest BCUT2D eigenvalue weighted by Crippen LogP contribution is 2.44. The van der Waals surface area contributed by atoms with Gasteiger partial charge in [0.1, 0.15) is 36.1 Å². The monoisotopic (exact) mass is 672 g/mol. The van der Waals surface area contributed by atoms with E-state index in [1.54, 1.807) is 54.6 Å². The zero-order valence-corrected chi connectivity index (χ0v) is 27.9. The minimum atomic E-state index is -1.32. The number of carbonyl (C=O) groups excluding carboxylic acids is 2. The summed E-state index contributed by atoms with van der Waals surface area (Å²) in [5, 5.41) is 5.79. The summed E-state index contributed by atoms with van der Waals surface area (Å²) in [6, 6.07) is 36.4. The predicted octanol–water partition coefficient (Wildman–Crippen LogP) is 5.96. The zero-order chi connectivity index (χ0) is 35.0. The molecule has 256 valence electrons. The van der Waals surface area contributed by atoms with E-state index in [2.05, 4.69) is 22.8 Å². The average molecular weight is 673 g/mol. The number of nitrogens with two attached hydrogens (primary N) is 2. The Kier molecular flexibility index (Phi) is 10.6. The van der Waals surface area contributed by atoms with Crippen molar-refractivity contribution in [2.24, 2.45) is 11.5 Å². The summed E-state index contributed by atoms with van der Waals surface area (Å²) >= 11 is 0. The van der Waals surface area contributed by atoms with Gasteiger partial charge < -0.3 is 41.0 Å². The maximum atomic E-state index is 14.2. The minimum Gasteiger partial charge on any atom is -0.497 e. The van der Waals surface area contributed by atoms with Crippen molar-refractivity contribution in [2.45, 2.75) is 30.8 Å². The molecule has 10 heteroatoms. The Bertz CT molecular complexity index is 1890. The SMILES string of the molecule is COc1ccc(C(NC(=O)OCC2c3ccccc3-c3ccccc32)C(Oc2ccccc2)C(=O)NC(N)c2ccc(CN)cc2)c(OC)c1. The number of carbonyl (C=O) groups is 2. The number of hydrogen-bond acceptors (Lipinski definition) is 8. The largest absolute Gasteiger partial charge is 0.497 e. The van der Waals surface area contributed by atoms with Gasteiger partial charge in [0.2, 0.25) is 6.10 Å². The van der Waals surface area contributed by atoms with Gasteiger partial charge in [0.05, 0.1) is 14.2 Å². The first kappa shape index (κ1) is 34.0. The molecule has 0 aromatic heterocycles. The molecule has 2 amide bonds. The molecule has 3 unspecified atom stereocenters. The van der Waals surface area contributed by atoms with E-state index in [1.165, 1.54) is 14.2 Å². The Hall–Kier alpha value is -5.84. The lowest BCUT2D eigenvalue weighted by molar-refractivity contribution is -0.130. The smallest absolute Gasteiger partial charge is 0.407 e. The second-order valence-corrected chi connectivity index (χ2v) is 11.8. The first-order valence-electron chi connectivity index (χ1n) is 16.3. The van der Waals surface area contributed by atoms with Gasteiger partial charge >= 0.3 is 6.09 Å². The summed E-state index contributed by atoms with van der Waals surface area (Å²) < 4.78 is 23.4. The third-order valence-corrected chi connectivity index (χ3v) is 8.83. The maximum absolute atomic E-state index is 14.2. The van der Waals surface area contributed by atoms with Crippen molar-refractivity contribution >= 4 is 12.0 Å². The predicted molar refractivity (Wildman–Crippen MR) is 191 cm³/mol. The molecule has 0 spiro atoms. The van der Waals surface area contributed by atoms with Crippen LogP contribution >= 0.6 is 0 Å². The van der Waals surface area contributed by atoms with E-state index < -0.39 is 30.3 Å². The molecule has 10 nitrogen and oxygen atoms in total. The summed E-state index contributed by atoms with van der Waals surface area (Å²) in [4.78, 5) is 28.0. The van der Waals surface area contributed by atoms with Crippen LogP contribution in [-0.2, 0) is 16.1 Å². The van der Waals surface area contributed by atoms with Gasteiger partial charge in [0.25, 0.3) is 5.91 Å². The highest BCUT2D eigenvalue weighted by Gasteiger charge is 2.37. The van der Waals surface area contributed by atoms with E-state index in [9.17, 15) is 9.59 Å². The molecule has 50 heavy (non-hydrogen) atoms. The van der Waals surface area contributed by atoms with Crippen LogP contribution < -0.4 is 36.3 Å². The molecule has 0 saturated heterocycles. The molecule has 6 N–H and O–H groups in total. The lowest BCUT2D eigenvalue weighted by atomic mass is 9.98. The number of para-hydroxylation sites is 1. The molecule has 5 aromatic rings. The highest BCUT2D eigenvalue weighted by molar-refractivity contribution is 5.84. The number of fused-ring (bicyclic) bond motifs is 3. The fourth-order valence-electron chi connectivity index (χ4n) is 6.26. The number of ether oxygens (including phenoxy) is 4. The lowest BCUT2D eigenvalue weighted by Crippen LogP contribution is -2.50.